The second-order valence-electron chi connectivity index (χ2n) is 4.12. The molecule has 0 amide bonds. The Balaban J connectivity index is 2.69. The van der Waals surface area contributed by atoms with Gasteiger partial charge in [-0.2, -0.15) is 4.98 Å². The molecule has 0 aliphatic heterocycles. The summed E-state index contributed by atoms with van der Waals surface area (Å²) in [5, 5.41) is 0. The van der Waals surface area contributed by atoms with Gasteiger partial charge in [0.1, 0.15) is 17.2 Å². The maximum absolute atomic E-state index is 5.57. The number of nitrogens with two attached hydrogens (primary N) is 1. The van der Waals surface area contributed by atoms with Gasteiger partial charge in [-0.3, -0.25) is 0 Å². The summed E-state index contributed by atoms with van der Waals surface area (Å²) in [5.74, 6) is 1.51. The number of hydrogen-bond donors (Lipinski definition) is 1. The number of aromatic nitrogens is 1. The van der Waals surface area contributed by atoms with Crippen molar-refractivity contribution in [3.63, 3.8) is 0 Å². The third kappa shape index (κ3) is 1.98. The molecule has 0 bridgehead atoms. The van der Waals surface area contributed by atoms with Crippen LogP contribution in [0.1, 0.15) is 16.9 Å². The van der Waals surface area contributed by atoms with Gasteiger partial charge >= 0.3 is 0 Å². The van der Waals surface area contributed by atoms with Crippen LogP contribution in [0.2, 0.25) is 0 Å². The van der Waals surface area contributed by atoms with Crippen molar-refractivity contribution < 1.29 is 9.15 Å². The zero-order chi connectivity index (χ0) is 12.6. The molecule has 2 aromatic rings. The normalized spacial score (nSPS) is 10.6. The number of methoxy groups -OCH3 is 1. The van der Waals surface area contributed by atoms with Crippen molar-refractivity contribution >= 4 is 6.01 Å². The Bertz CT molecular complexity index is 559. The van der Waals surface area contributed by atoms with Crippen LogP contribution in [-0.2, 0) is 0 Å². The molecule has 0 saturated heterocycles. The van der Waals surface area contributed by atoms with Crippen LogP contribution in [0.4, 0.5) is 6.01 Å². The molecule has 0 aliphatic carbocycles. The summed E-state index contributed by atoms with van der Waals surface area (Å²) < 4.78 is 10.7. The molecule has 1 aromatic heterocycles. The van der Waals surface area contributed by atoms with Gasteiger partial charge in [0, 0.05) is 5.56 Å². The predicted molar refractivity (Wildman–Crippen MR) is 67.1 cm³/mol. The largest absolute Gasteiger partial charge is 0.496 e. The lowest BCUT2D eigenvalue weighted by molar-refractivity contribution is 0.413. The average molecular weight is 232 g/mol. The van der Waals surface area contributed by atoms with Crippen LogP contribution < -0.4 is 10.5 Å². The van der Waals surface area contributed by atoms with Crippen LogP contribution in [-0.4, -0.2) is 12.1 Å². The van der Waals surface area contributed by atoms with E-state index in [2.05, 4.69) is 11.1 Å². The molecule has 0 radical (unpaired) electrons. The lowest BCUT2D eigenvalue weighted by Gasteiger charge is -2.11. The first-order valence-electron chi connectivity index (χ1n) is 5.41. The van der Waals surface area contributed by atoms with Gasteiger partial charge in [-0.1, -0.05) is 6.07 Å². The molecule has 0 aliphatic rings. The molecule has 0 unspecified atom stereocenters. The maximum Gasteiger partial charge on any atom is 0.292 e. The van der Waals surface area contributed by atoms with Gasteiger partial charge in [0.25, 0.3) is 6.01 Å². The summed E-state index contributed by atoms with van der Waals surface area (Å²) in [6.45, 7) is 5.89. The molecule has 1 heterocycles. The van der Waals surface area contributed by atoms with Crippen LogP contribution in [0.5, 0.6) is 5.75 Å². The van der Waals surface area contributed by atoms with E-state index < -0.39 is 0 Å². The summed E-state index contributed by atoms with van der Waals surface area (Å²) in [6.07, 6.45) is 0. The quantitative estimate of drug-likeness (QED) is 0.864. The lowest BCUT2D eigenvalue weighted by atomic mass is 10.0. The van der Waals surface area contributed by atoms with Gasteiger partial charge < -0.3 is 14.9 Å². The summed E-state index contributed by atoms with van der Waals surface area (Å²) >= 11 is 0. The highest BCUT2D eigenvalue weighted by molar-refractivity contribution is 5.72. The number of aryl methyl sites for hydroxylation is 3. The molecule has 4 heteroatoms. The van der Waals surface area contributed by atoms with E-state index in [1.165, 1.54) is 0 Å². The fourth-order valence-electron chi connectivity index (χ4n) is 2.07. The third-order valence-electron chi connectivity index (χ3n) is 2.69. The molecule has 0 atom stereocenters. The molecule has 1 aromatic carbocycles. The summed E-state index contributed by atoms with van der Waals surface area (Å²) in [5.41, 5.74) is 9.45. The van der Waals surface area contributed by atoms with E-state index in [9.17, 15) is 0 Å². The monoisotopic (exact) mass is 232 g/mol. The average Bonchev–Trinajstić information content (AvgIpc) is 2.56. The van der Waals surface area contributed by atoms with E-state index in [4.69, 9.17) is 14.9 Å². The Morgan fingerprint density at radius 3 is 2.47 bits per heavy atom. The fraction of sp³-hybridized carbons (Fsp3) is 0.308. The number of nitrogen functional groups attached to an aromatic ring is 1. The Hall–Kier alpha value is -1.97. The summed E-state index contributed by atoms with van der Waals surface area (Å²) in [7, 11) is 1.65. The van der Waals surface area contributed by atoms with Gasteiger partial charge in [0.15, 0.2) is 0 Å². The second kappa shape index (κ2) is 4.13. The highest BCUT2D eigenvalue weighted by atomic mass is 16.5. The van der Waals surface area contributed by atoms with Gasteiger partial charge in [-0.25, -0.2) is 0 Å². The molecule has 0 spiro atoms. The minimum Gasteiger partial charge on any atom is -0.496 e. The van der Waals surface area contributed by atoms with Gasteiger partial charge in [-0.05, 0) is 38.0 Å². The summed E-state index contributed by atoms with van der Waals surface area (Å²) in [6, 6.07) is 4.27. The van der Waals surface area contributed by atoms with E-state index in [1.807, 2.05) is 26.8 Å². The number of hydrogen-bond acceptors (Lipinski definition) is 4. The first-order chi connectivity index (χ1) is 8.02. The van der Waals surface area contributed by atoms with Crippen LogP contribution in [0.15, 0.2) is 16.5 Å². The number of ether oxygens (including phenoxy) is 1. The van der Waals surface area contributed by atoms with E-state index in [0.717, 1.165) is 28.1 Å². The van der Waals surface area contributed by atoms with E-state index in [1.54, 1.807) is 7.11 Å². The number of anilines is 1. The molecular weight excluding hydrogens is 216 g/mol. The molecule has 90 valence electrons. The van der Waals surface area contributed by atoms with E-state index >= 15 is 0 Å². The van der Waals surface area contributed by atoms with Crippen LogP contribution >= 0.6 is 0 Å². The zero-order valence-corrected chi connectivity index (χ0v) is 10.5. The van der Waals surface area contributed by atoms with Gasteiger partial charge in [0.2, 0.25) is 0 Å². The SMILES string of the molecule is COc1c(C)cc(C)cc1-c1nc(N)oc1C. The molecule has 2 N–H and O–H groups in total. The Kier molecular flexibility index (Phi) is 2.79. The van der Waals surface area contributed by atoms with Crippen LogP contribution in [0.25, 0.3) is 11.3 Å². The van der Waals surface area contributed by atoms with Crippen molar-refractivity contribution in [1.82, 2.24) is 4.98 Å². The molecular formula is C13H16N2O2. The topological polar surface area (TPSA) is 61.3 Å². The lowest BCUT2D eigenvalue weighted by Crippen LogP contribution is -1.94. The molecule has 4 nitrogen and oxygen atoms in total. The van der Waals surface area contributed by atoms with Crippen LogP contribution in [0, 0.1) is 20.8 Å². The zero-order valence-electron chi connectivity index (χ0n) is 10.5. The van der Waals surface area contributed by atoms with Crippen molar-refractivity contribution in [2.45, 2.75) is 20.8 Å². The Morgan fingerprint density at radius 2 is 1.94 bits per heavy atom. The number of benzene rings is 1. The number of nitrogens with zero attached hydrogens (tertiary/aromatic N) is 1. The number of rotatable bonds is 2. The fourth-order valence-corrected chi connectivity index (χ4v) is 2.07. The molecule has 0 saturated carbocycles. The van der Waals surface area contributed by atoms with Gasteiger partial charge in [0.05, 0.1) is 7.11 Å². The van der Waals surface area contributed by atoms with Crippen LogP contribution in [0.3, 0.4) is 0 Å². The highest BCUT2D eigenvalue weighted by Crippen LogP contribution is 2.35. The van der Waals surface area contributed by atoms with Crippen molar-refractivity contribution in [1.29, 1.82) is 0 Å². The van der Waals surface area contributed by atoms with Crippen molar-refractivity contribution in [2.24, 2.45) is 0 Å². The Labute approximate surface area is 100 Å². The standard InChI is InChI=1S/C13H16N2O2/c1-7-5-8(2)12(16-4)10(6-7)11-9(3)17-13(14)15-11/h5-6H,1-4H3,(H2,14,15). The van der Waals surface area contributed by atoms with Crippen molar-refractivity contribution in [3.8, 4) is 17.0 Å². The summed E-state index contributed by atoms with van der Waals surface area (Å²) in [4.78, 5) is 4.20. The van der Waals surface area contributed by atoms with E-state index in [0.29, 0.717) is 5.76 Å². The first-order valence-corrected chi connectivity index (χ1v) is 5.41. The molecule has 0 fully saturated rings. The smallest absolute Gasteiger partial charge is 0.292 e. The maximum atomic E-state index is 5.57. The number of oxazole rings is 1. The van der Waals surface area contributed by atoms with Crippen molar-refractivity contribution in [3.05, 3.63) is 29.0 Å². The Morgan fingerprint density at radius 1 is 1.24 bits per heavy atom. The predicted octanol–water partition coefficient (Wildman–Crippen LogP) is 2.86. The minimum atomic E-state index is 0.179. The van der Waals surface area contributed by atoms with Crippen molar-refractivity contribution in [2.75, 3.05) is 12.8 Å². The minimum absolute atomic E-state index is 0.179. The third-order valence-corrected chi connectivity index (χ3v) is 2.69. The highest BCUT2D eigenvalue weighted by Gasteiger charge is 2.16. The first kappa shape index (κ1) is 11.5. The second-order valence-corrected chi connectivity index (χ2v) is 4.12. The van der Waals surface area contributed by atoms with E-state index in [-0.39, 0.29) is 6.01 Å². The molecule has 17 heavy (non-hydrogen) atoms. The molecule has 2 rings (SSSR count). The van der Waals surface area contributed by atoms with Gasteiger partial charge in [-0.15, -0.1) is 0 Å².